The van der Waals surface area contributed by atoms with E-state index in [9.17, 15) is 0 Å². The molecule has 4 aromatic rings. The van der Waals surface area contributed by atoms with Crippen LogP contribution in [0.5, 0.6) is 0 Å². The molecule has 0 nitrogen and oxygen atoms in total. The zero-order chi connectivity index (χ0) is 21.8. The van der Waals surface area contributed by atoms with Crippen LogP contribution in [-0.2, 0) is 21.8 Å². The van der Waals surface area contributed by atoms with Gasteiger partial charge in [-0.3, -0.25) is 0 Å². The summed E-state index contributed by atoms with van der Waals surface area (Å²) in [5.74, 6) is 0. The van der Waals surface area contributed by atoms with E-state index >= 15 is 0 Å². The van der Waals surface area contributed by atoms with Gasteiger partial charge in [0.25, 0.3) is 0 Å². The van der Waals surface area contributed by atoms with E-state index in [0.29, 0.717) is 10.5 Å². The second-order valence-corrected chi connectivity index (χ2v) is 15.2. The molecule has 33 heavy (non-hydrogen) atoms. The van der Waals surface area contributed by atoms with Gasteiger partial charge in [-0.05, 0) is 55.0 Å². The fourth-order valence-electron chi connectivity index (χ4n) is 5.42. The SMILES string of the molecule is c1ccc2c(c1)Sc1ccccc1[S+]2C1CCCC1[S+]1c2ccccc2Sc2ccccc21. The molecule has 0 saturated heterocycles. The number of hydrogen-bond donors (Lipinski definition) is 0. The van der Waals surface area contributed by atoms with Crippen LogP contribution < -0.4 is 0 Å². The van der Waals surface area contributed by atoms with Crippen LogP contribution in [0.4, 0.5) is 0 Å². The zero-order valence-corrected chi connectivity index (χ0v) is 21.4. The van der Waals surface area contributed by atoms with E-state index in [1.807, 2.05) is 23.5 Å². The highest BCUT2D eigenvalue weighted by Crippen LogP contribution is 2.54. The lowest BCUT2D eigenvalue weighted by atomic mass is 10.3. The largest absolute Gasteiger partial charge is 0.177 e. The lowest BCUT2D eigenvalue weighted by molar-refractivity contribution is 0.881. The van der Waals surface area contributed by atoms with Crippen molar-refractivity contribution in [3.8, 4) is 0 Å². The molecule has 0 radical (unpaired) electrons. The van der Waals surface area contributed by atoms with Crippen molar-refractivity contribution < 1.29 is 0 Å². The second-order valence-electron chi connectivity index (χ2n) is 8.67. The van der Waals surface area contributed by atoms with E-state index in [2.05, 4.69) is 97.1 Å². The van der Waals surface area contributed by atoms with Crippen LogP contribution in [0.15, 0.2) is 136 Å². The molecule has 1 fully saturated rings. The number of rotatable bonds is 2. The molecule has 2 unspecified atom stereocenters. The Balaban J connectivity index is 1.39. The second kappa shape index (κ2) is 8.49. The fraction of sp³-hybridized carbons (Fsp3) is 0.172. The van der Waals surface area contributed by atoms with Gasteiger partial charge in [-0.15, -0.1) is 0 Å². The van der Waals surface area contributed by atoms with Gasteiger partial charge in [0.1, 0.15) is 0 Å². The summed E-state index contributed by atoms with van der Waals surface area (Å²) in [6.07, 6.45) is 4.02. The van der Waals surface area contributed by atoms with Crippen molar-refractivity contribution >= 4 is 45.3 Å². The average Bonchev–Trinajstić information content (AvgIpc) is 3.34. The Bertz CT molecular complexity index is 1150. The summed E-state index contributed by atoms with van der Waals surface area (Å²) < 4.78 is 0. The van der Waals surface area contributed by atoms with Gasteiger partial charge in [-0.1, -0.05) is 72.1 Å². The Morgan fingerprint density at radius 1 is 0.455 bits per heavy atom. The Morgan fingerprint density at radius 2 is 0.758 bits per heavy atom. The summed E-state index contributed by atoms with van der Waals surface area (Å²) in [5, 5.41) is 1.39. The van der Waals surface area contributed by atoms with E-state index in [4.69, 9.17) is 0 Å². The zero-order valence-electron chi connectivity index (χ0n) is 18.1. The van der Waals surface area contributed by atoms with E-state index in [1.54, 1.807) is 19.6 Å². The highest BCUT2D eigenvalue weighted by molar-refractivity contribution is 8.06. The van der Waals surface area contributed by atoms with Gasteiger partial charge in [0.2, 0.25) is 0 Å². The molecule has 1 aliphatic carbocycles. The van der Waals surface area contributed by atoms with Crippen LogP contribution in [-0.4, -0.2) is 10.5 Å². The third-order valence-corrected chi connectivity index (χ3v) is 15.4. The molecule has 4 aromatic carbocycles. The maximum absolute atomic E-state index is 2.42. The highest BCUT2D eigenvalue weighted by Gasteiger charge is 2.57. The van der Waals surface area contributed by atoms with Crippen LogP contribution in [0.3, 0.4) is 0 Å². The monoisotopic (exact) mass is 500 g/mol. The molecule has 0 spiro atoms. The molecular formula is C29H24S4+2. The lowest BCUT2D eigenvalue weighted by Gasteiger charge is -2.28. The van der Waals surface area contributed by atoms with Gasteiger partial charge in [0.15, 0.2) is 30.1 Å². The third-order valence-electron chi connectivity index (χ3n) is 6.78. The van der Waals surface area contributed by atoms with Crippen LogP contribution >= 0.6 is 23.5 Å². The van der Waals surface area contributed by atoms with Crippen LogP contribution in [0.2, 0.25) is 0 Å². The Morgan fingerprint density at radius 3 is 1.09 bits per heavy atom. The predicted octanol–water partition coefficient (Wildman–Crippen LogP) is 8.31. The third kappa shape index (κ3) is 3.41. The Hall–Kier alpha value is -1.72. The summed E-state index contributed by atoms with van der Waals surface area (Å²) in [4.78, 5) is 12.2. The van der Waals surface area contributed by atoms with E-state index < -0.39 is 0 Å². The molecule has 1 saturated carbocycles. The summed E-state index contributed by atoms with van der Waals surface area (Å²) in [5.41, 5.74) is 0. The summed E-state index contributed by atoms with van der Waals surface area (Å²) in [7, 11) is 0.248. The molecular weight excluding hydrogens is 477 g/mol. The van der Waals surface area contributed by atoms with Crippen molar-refractivity contribution in [2.45, 2.75) is 68.9 Å². The molecule has 2 aliphatic heterocycles. The summed E-state index contributed by atoms with van der Waals surface area (Å²) in [6.45, 7) is 0. The molecule has 4 heteroatoms. The molecule has 0 bridgehead atoms. The van der Waals surface area contributed by atoms with Gasteiger partial charge in [-0.2, -0.15) is 0 Å². The van der Waals surface area contributed by atoms with Crippen molar-refractivity contribution in [3.63, 3.8) is 0 Å². The van der Waals surface area contributed by atoms with Crippen molar-refractivity contribution in [2.75, 3.05) is 0 Å². The van der Waals surface area contributed by atoms with Gasteiger partial charge in [0, 0.05) is 12.8 Å². The normalized spacial score (nSPS) is 21.7. The number of fused-ring (bicyclic) bond motifs is 4. The minimum atomic E-state index is 0.124. The molecule has 3 aliphatic rings. The Kier molecular flexibility index (Phi) is 5.31. The molecule has 0 amide bonds. The number of hydrogen-bond acceptors (Lipinski definition) is 2. The lowest BCUT2D eigenvalue weighted by Crippen LogP contribution is -2.38. The molecule has 7 rings (SSSR count). The topological polar surface area (TPSA) is 0 Å². The molecule has 0 N–H and O–H groups in total. The summed E-state index contributed by atoms with van der Waals surface area (Å²) >= 11 is 3.93. The number of benzene rings is 4. The van der Waals surface area contributed by atoms with Crippen LogP contribution in [0.1, 0.15) is 19.3 Å². The maximum atomic E-state index is 2.42. The van der Waals surface area contributed by atoms with Crippen LogP contribution in [0, 0.1) is 0 Å². The van der Waals surface area contributed by atoms with E-state index in [-0.39, 0.29) is 21.8 Å². The van der Waals surface area contributed by atoms with Gasteiger partial charge in [0.05, 0.1) is 41.4 Å². The van der Waals surface area contributed by atoms with Crippen molar-refractivity contribution in [1.29, 1.82) is 0 Å². The maximum Gasteiger partial charge on any atom is 0.177 e. The van der Waals surface area contributed by atoms with Gasteiger partial charge < -0.3 is 0 Å². The molecule has 2 atom stereocenters. The summed E-state index contributed by atoms with van der Waals surface area (Å²) in [6, 6.07) is 36.8. The first kappa shape index (κ1) is 20.6. The first-order chi connectivity index (χ1) is 16.4. The molecule has 2 heterocycles. The van der Waals surface area contributed by atoms with Crippen molar-refractivity contribution in [1.82, 2.24) is 0 Å². The minimum absolute atomic E-state index is 0.124. The standard InChI is InChI=1S/C29H24S4/c1-5-14-24-20(10-1)30-21-11-2-6-15-25(21)32(24)28-18-9-19-29(28)33-26-16-7-3-12-22(26)31-23-13-4-8-17-27(23)33/h1-8,10-17,28-29H,9,18-19H2/q+2. The van der Waals surface area contributed by atoms with Gasteiger partial charge in [-0.25, -0.2) is 0 Å². The van der Waals surface area contributed by atoms with E-state index in [0.717, 1.165) is 0 Å². The van der Waals surface area contributed by atoms with Crippen molar-refractivity contribution in [3.05, 3.63) is 97.1 Å². The first-order valence-corrected chi connectivity index (χ1v) is 15.8. The minimum Gasteiger partial charge on any atom is -0.0795 e. The van der Waals surface area contributed by atoms with Gasteiger partial charge >= 0.3 is 0 Å². The predicted molar refractivity (Wildman–Crippen MR) is 143 cm³/mol. The molecule has 162 valence electrons. The average molecular weight is 501 g/mol. The van der Waals surface area contributed by atoms with E-state index in [1.165, 1.54) is 38.8 Å². The fourth-order valence-corrected chi connectivity index (χ4v) is 14.9. The first-order valence-electron chi connectivity index (χ1n) is 11.6. The van der Waals surface area contributed by atoms with Crippen molar-refractivity contribution in [2.24, 2.45) is 0 Å². The highest BCUT2D eigenvalue weighted by atomic mass is 32.2. The quantitative estimate of drug-likeness (QED) is 0.254. The van der Waals surface area contributed by atoms with Crippen LogP contribution in [0.25, 0.3) is 0 Å². The smallest absolute Gasteiger partial charge is 0.0795 e. The molecule has 0 aromatic heterocycles. The Labute approximate surface area is 210 Å².